The molecule has 4 rings (SSSR count). The number of hydrogen-bond donors (Lipinski definition) is 0. The minimum Gasteiger partial charge on any atom is -0.157 e. The number of aromatic nitrogens is 2. The highest BCUT2D eigenvalue weighted by Gasteiger charge is 2.19. The van der Waals surface area contributed by atoms with Gasteiger partial charge in [0.05, 0.1) is 12.7 Å². The van der Waals surface area contributed by atoms with Crippen molar-refractivity contribution in [2.75, 3.05) is 0 Å². The van der Waals surface area contributed by atoms with Gasteiger partial charge in [0.15, 0.2) is 7.05 Å². The van der Waals surface area contributed by atoms with Gasteiger partial charge in [0.25, 0.3) is 0 Å². The molecule has 0 bridgehead atoms. The summed E-state index contributed by atoms with van der Waals surface area (Å²) in [5.41, 5.74) is 2.45. The molecule has 0 aliphatic rings. The maximum absolute atomic E-state index is 3.85. The van der Waals surface area contributed by atoms with Crippen LogP contribution in [0.15, 0.2) is 110 Å². The van der Waals surface area contributed by atoms with E-state index >= 15 is 0 Å². The SMILES string of the molecule is C=CCn1ccc(-c2cccc(P(c3ccccc3)c3ccccc3)c2)[n+]1C. The number of nitrogens with zero attached hydrogens (tertiary/aromatic N) is 2. The van der Waals surface area contributed by atoms with E-state index in [1.165, 1.54) is 27.2 Å². The predicted octanol–water partition coefficient (Wildman–Crippen LogP) is 3.92. The molecule has 3 aromatic carbocycles. The molecule has 0 radical (unpaired) electrons. The summed E-state index contributed by atoms with van der Waals surface area (Å²) in [5, 5.41) is 4.10. The van der Waals surface area contributed by atoms with Crippen LogP contribution in [0.4, 0.5) is 0 Å². The fourth-order valence-corrected chi connectivity index (χ4v) is 5.85. The molecule has 0 saturated heterocycles. The Hall–Kier alpha value is -2.96. The lowest BCUT2D eigenvalue weighted by Gasteiger charge is -2.19. The van der Waals surface area contributed by atoms with Crippen molar-refractivity contribution in [3.05, 3.63) is 110 Å². The van der Waals surface area contributed by atoms with Crippen LogP contribution in [0.2, 0.25) is 0 Å². The number of hydrogen-bond acceptors (Lipinski definition) is 0. The van der Waals surface area contributed by atoms with Gasteiger partial charge in [-0.1, -0.05) is 78.9 Å². The molecule has 138 valence electrons. The second kappa shape index (κ2) is 8.37. The third-order valence-electron chi connectivity index (χ3n) is 4.88. The lowest BCUT2D eigenvalue weighted by molar-refractivity contribution is -0.742. The maximum Gasteiger partial charge on any atom is 0.238 e. The zero-order valence-electron chi connectivity index (χ0n) is 16.1. The van der Waals surface area contributed by atoms with Crippen LogP contribution in [-0.4, -0.2) is 4.68 Å². The minimum absolute atomic E-state index is 0.594. The zero-order valence-corrected chi connectivity index (χ0v) is 17.0. The zero-order chi connectivity index (χ0) is 19.3. The van der Waals surface area contributed by atoms with E-state index in [4.69, 9.17) is 0 Å². The molecule has 1 aromatic heterocycles. The highest BCUT2D eigenvalue weighted by atomic mass is 31.1. The Morgan fingerprint density at radius 3 is 2.04 bits per heavy atom. The summed E-state index contributed by atoms with van der Waals surface area (Å²) < 4.78 is 4.35. The molecule has 2 nitrogen and oxygen atoms in total. The molecule has 3 heteroatoms. The summed E-state index contributed by atoms with van der Waals surface area (Å²) in [4.78, 5) is 0. The van der Waals surface area contributed by atoms with Gasteiger partial charge in [0, 0.05) is 11.6 Å². The smallest absolute Gasteiger partial charge is 0.157 e. The van der Waals surface area contributed by atoms with Crippen LogP contribution in [0, 0.1) is 0 Å². The highest BCUT2D eigenvalue weighted by Crippen LogP contribution is 2.33. The van der Waals surface area contributed by atoms with Gasteiger partial charge in [-0.15, -0.1) is 11.3 Å². The van der Waals surface area contributed by atoms with Crippen LogP contribution in [-0.2, 0) is 13.6 Å². The van der Waals surface area contributed by atoms with Gasteiger partial charge >= 0.3 is 0 Å². The monoisotopic (exact) mass is 383 g/mol. The van der Waals surface area contributed by atoms with E-state index in [0.29, 0.717) is 0 Å². The third kappa shape index (κ3) is 3.69. The molecule has 1 heterocycles. The molecular weight excluding hydrogens is 359 g/mol. The molecule has 0 unspecified atom stereocenters. The van der Waals surface area contributed by atoms with Crippen molar-refractivity contribution < 1.29 is 4.68 Å². The lowest BCUT2D eigenvalue weighted by atomic mass is 10.1. The van der Waals surface area contributed by atoms with E-state index in [1.807, 2.05) is 6.08 Å². The number of allylic oxidation sites excluding steroid dienone is 1. The first-order chi connectivity index (χ1) is 13.8. The summed E-state index contributed by atoms with van der Waals surface area (Å²) in [6, 6.07) is 32.8. The standard InChI is InChI=1S/C25H24N2P/c1-3-18-27-19-17-25(26(27)2)21-11-10-16-24(20-21)28(22-12-6-4-7-13-22)23-14-8-5-9-15-23/h3-17,19-20H,1,18H2,2H3/q+1. The van der Waals surface area contributed by atoms with Gasteiger partial charge in [0.1, 0.15) is 0 Å². The molecule has 0 atom stereocenters. The summed E-state index contributed by atoms with van der Waals surface area (Å²) in [5.74, 6) is 0. The summed E-state index contributed by atoms with van der Waals surface area (Å²) in [6.07, 6.45) is 4.03. The van der Waals surface area contributed by atoms with Gasteiger partial charge in [-0.2, -0.15) is 4.68 Å². The van der Waals surface area contributed by atoms with Crippen molar-refractivity contribution in [3.63, 3.8) is 0 Å². The first-order valence-corrected chi connectivity index (χ1v) is 10.8. The fourth-order valence-electron chi connectivity index (χ4n) is 3.51. The van der Waals surface area contributed by atoms with Crippen LogP contribution >= 0.6 is 7.92 Å². The van der Waals surface area contributed by atoms with E-state index in [1.54, 1.807) is 0 Å². The minimum atomic E-state index is -0.594. The second-order valence-corrected chi connectivity index (χ2v) is 8.91. The third-order valence-corrected chi connectivity index (χ3v) is 7.31. The van der Waals surface area contributed by atoms with Gasteiger partial charge in [0.2, 0.25) is 5.69 Å². The Labute approximate surface area is 168 Å². The van der Waals surface area contributed by atoms with E-state index in [0.717, 1.165) is 6.54 Å². The number of benzene rings is 3. The van der Waals surface area contributed by atoms with Crippen LogP contribution in [0.5, 0.6) is 0 Å². The topological polar surface area (TPSA) is 8.81 Å². The second-order valence-electron chi connectivity index (χ2n) is 6.69. The molecule has 0 N–H and O–H groups in total. The molecule has 28 heavy (non-hydrogen) atoms. The Bertz CT molecular complexity index is 1030. The lowest BCUT2D eigenvalue weighted by Crippen LogP contribution is -2.40. The van der Waals surface area contributed by atoms with Gasteiger partial charge in [-0.25, -0.2) is 0 Å². The Kier molecular flexibility index (Phi) is 5.50. The van der Waals surface area contributed by atoms with Crippen LogP contribution in [0.1, 0.15) is 0 Å². The summed E-state index contributed by atoms with van der Waals surface area (Å²) in [6.45, 7) is 4.65. The molecule has 0 aliphatic heterocycles. The molecular formula is C25H24N2P+. The predicted molar refractivity (Wildman–Crippen MR) is 120 cm³/mol. The van der Waals surface area contributed by atoms with Gasteiger partial charge < -0.3 is 0 Å². The Morgan fingerprint density at radius 1 is 0.821 bits per heavy atom. The van der Waals surface area contributed by atoms with Gasteiger partial charge in [-0.05, 0) is 36.0 Å². The Morgan fingerprint density at radius 2 is 1.43 bits per heavy atom. The average molecular weight is 383 g/mol. The van der Waals surface area contributed by atoms with Crippen molar-refractivity contribution in [1.29, 1.82) is 0 Å². The number of rotatable bonds is 6. The first kappa shape index (κ1) is 18.4. The van der Waals surface area contributed by atoms with Crippen molar-refractivity contribution >= 4 is 23.8 Å². The van der Waals surface area contributed by atoms with Crippen molar-refractivity contribution in [1.82, 2.24) is 4.68 Å². The maximum atomic E-state index is 3.85. The van der Waals surface area contributed by atoms with Crippen molar-refractivity contribution in [2.24, 2.45) is 7.05 Å². The summed E-state index contributed by atoms with van der Waals surface area (Å²) >= 11 is 0. The first-order valence-electron chi connectivity index (χ1n) is 9.45. The van der Waals surface area contributed by atoms with Crippen molar-refractivity contribution in [3.8, 4) is 11.3 Å². The molecule has 0 saturated carbocycles. The van der Waals surface area contributed by atoms with E-state index in [2.05, 4.69) is 120 Å². The average Bonchev–Trinajstić information content (AvgIpc) is 3.11. The van der Waals surface area contributed by atoms with Crippen LogP contribution in [0.3, 0.4) is 0 Å². The quantitative estimate of drug-likeness (QED) is 0.271. The fraction of sp³-hybridized carbons (Fsp3) is 0.0800. The van der Waals surface area contributed by atoms with E-state index in [9.17, 15) is 0 Å². The molecule has 0 aliphatic carbocycles. The van der Waals surface area contributed by atoms with Crippen LogP contribution < -0.4 is 20.6 Å². The van der Waals surface area contributed by atoms with Crippen LogP contribution in [0.25, 0.3) is 11.3 Å². The molecule has 4 aromatic rings. The Balaban J connectivity index is 1.81. The van der Waals surface area contributed by atoms with E-state index in [-0.39, 0.29) is 0 Å². The highest BCUT2D eigenvalue weighted by molar-refractivity contribution is 7.79. The normalized spacial score (nSPS) is 10.9. The largest absolute Gasteiger partial charge is 0.238 e. The molecule has 0 spiro atoms. The van der Waals surface area contributed by atoms with Crippen molar-refractivity contribution in [2.45, 2.75) is 6.54 Å². The molecule has 0 fully saturated rings. The summed E-state index contributed by atoms with van der Waals surface area (Å²) in [7, 11) is 1.51. The van der Waals surface area contributed by atoms with Gasteiger partial charge in [-0.3, -0.25) is 0 Å². The van der Waals surface area contributed by atoms with E-state index < -0.39 is 7.92 Å². The molecule has 0 amide bonds.